The van der Waals surface area contributed by atoms with Crippen molar-refractivity contribution in [2.24, 2.45) is 0 Å². The second-order valence-electron chi connectivity index (χ2n) is 5.52. The fourth-order valence-corrected chi connectivity index (χ4v) is 2.95. The molecule has 4 rings (SSSR count). The van der Waals surface area contributed by atoms with Crippen molar-refractivity contribution in [2.45, 2.75) is 0 Å². The van der Waals surface area contributed by atoms with Crippen LogP contribution < -0.4 is 15.0 Å². The number of halogens is 1. The van der Waals surface area contributed by atoms with E-state index < -0.39 is 0 Å². The zero-order valence-electron chi connectivity index (χ0n) is 12.8. The fourth-order valence-electron chi connectivity index (χ4n) is 2.74. The van der Waals surface area contributed by atoms with Gasteiger partial charge in [-0.15, -0.1) is 0 Å². The number of nitrogens with zero attached hydrogens (tertiary/aromatic N) is 3. The Balaban J connectivity index is 1.74. The maximum Gasteiger partial charge on any atom is 0.259 e. The third-order valence-electron chi connectivity index (χ3n) is 3.97. The lowest BCUT2D eigenvalue weighted by Gasteiger charge is -2.29. The van der Waals surface area contributed by atoms with Crippen LogP contribution in [0.15, 0.2) is 30.6 Å². The van der Waals surface area contributed by atoms with E-state index in [4.69, 9.17) is 16.3 Å². The van der Waals surface area contributed by atoms with Gasteiger partial charge in [0.2, 0.25) is 0 Å². The second kappa shape index (κ2) is 5.68. The van der Waals surface area contributed by atoms with Crippen LogP contribution in [0.1, 0.15) is 10.4 Å². The highest BCUT2D eigenvalue weighted by atomic mass is 35.5. The van der Waals surface area contributed by atoms with Crippen LogP contribution in [-0.4, -0.2) is 41.3 Å². The molecule has 0 unspecified atom stereocenters. The lowest BCUT2D eigenvalue weighted by molar-refractivity contribution is 0.102. The van der Waals surface area contributed by atoms with Crippen LogP contribution in [0.2, 0.25) is 5.02 Å². The highest BCUT2D eigenvalue weighted by Gasteiger charge is 2.24. The number of anilines is 2. The SMILES string of the molecule is CN1CCOc2c(C(=O)Nc3ccnc4[nH]ncc34)cc(Cl)cc21. The Labute approximate surface area is 142 Å². The van der Waals surface area contributed by atoms with Gasteiger partial charge in [-0.2, -0.15) is 5.10 Å². The average molecular weight is 344 g/mol. The summed E-state index contributed by atoms with van der Waals surface area (Å²) >= 11 is 6.18. The minimum absolute atomic E-state index is 0.294. The Kier molecular flexibility index (Phi) is 3.50. The maximum absolute atomic E-state index is 12.8. The number of amides is 1. The van der Waals surface area contributed by atoms with Crippen molar-refractivity contribution in [1.82, 2.24) is 15.2 Å². The van der Waals surface area contributed by atoms with Gasteiger partial charge in [0.05, 0.1) is 35.1 Å². The summed E-state index contributed by atoms with van der Waals surface area (Å²) in [6.45, 7) is 1.26. The smallest absolute Gasteiger partial charge is 0.259 e. The molecule has 3 heterocycles. The molecule has 1 aliphatic rings. The molecule has 8 heteroatoms. The molecule has 0 radical (unpaired) electrons. The number of aromatic nitrogens is 3. The summed E-state index contributed by atoms with van der Waals surface area (Å²) in [5.41, 5.74) is 2.44. The molecule has 0 fully saturated rings. The monoisotopic (exact) mass is 343 g/mol. The molecule has 0 atom stereocenters. The minimum Gasteiger partial charge on any atom is -0.489 e. The number of carbonyl (C=O) groups excluding carboxylic acids is 1. The van der Waals surface area contributed by atoms with E-state index in [0.717, 1.165) is 17.6 Å². The highest BCUT2D eigenvalue weighted by molar-refractivity contribution is 6.31. The van der Waals surface area contributed by atoms with E-state index in [9.17, 15) is 4.79 Å². The molecule has 0 spiro atoms. The lowest BCUT2D eigenvalue weighted by Crippen LogP contribution is -2.30. The quantitative estimate of drug-likeness (QED) is 0.747. The maximum atomic E-state index is 12.8. The third kappa shape index (κ3) is 2.43. The zero-order chi connectivity index (χ0) is 16.7. The molecular formula is C16H14ClN5O2. The van der Waals surface area contributed by atoms with Gasteiger partial charge in [0.15, 0.2) is 11.4 Å². The summed E-state index contributed by atoms with van der Waals surface area (Å²) < 4.78 is 5.72. The molecule has 0 saturated carbocycles. The highest BCUT2D eigenvalue weighted by Crippen LogP contribution is 2.37. The first kappa shape index (κ1) is 14.8. The first-order valence-corrected chi connectivity index (χ1v) is 7.78. The van der Waals surface area contributed by atoms with Crippen LogP contribution in [0.5, 0.6) is 5.75 Å². The van der Waals surface area contributed by atoms with Gasteiger partial charge in [0.25, 0.3) is 5.91 Å². The Hall–Kier alpha value is -2.80. The van der Waals surface area contributed by atoms with Crippen LogP contribution in [0.25, 0.3) is 11.0 Å². The van der Waals surface area contributed by atoms with E-state index in [1.165, 1.54) is 0 Å². The Morgan fingerprint density at radius 1 is 1.46 bits per heavy atom. The first-order chi connectivity index (χ1) is 11.6. The summed E-state index contributed by atoms with van der Waals surface area (Å²) in [4.78, 5) is 19.0. The number of nitrogens with one attached hydrogen (secondary N) is 2. The molecule has 1 aliphatic heterocycles. The number of H-pyrrole nitrogens is 1. The van der Waals surface area contributed by atoms with Crippen molar-refractivity contribution in [3.05, 3.63) is 41.2 Å². The van der Waals surface area contributed by atoms with Gasteiger partial charge in [0.1, 0.15) is 6.61 Å². The van der Waals surface area contributed by atoms with E-state index in [1.807, 2.05) is 11.9 Å². The predicted molar refractivity (Wildman–Crippen MR) is 92.1 cm³/mol. The molecule has 7 nitrogen and oxygen atoms in total. The number of aromatic amines is 1. The largest absolute Gasteiger partial charge is 0.489 e. The number of carbonyl (C=O) groups is 1. The molecular weight excluding hydrogens is 330 g/mol. The Morgan fingerprint density at radius 3 is 3.21 bits per heavy atom. The molecule has 0 aliphatic carbocycles. The Bertz CT molecular complexity index is 939. The number of ether oxygens (including phenoxy) is 1. The van der Waals surface area contributed by atoms with E-state index in [2.05, 4.69) is 20.5 Å². The van der Waals surface area contributed by atoms with Gasteiger partial charge in [-0.1, -0.05) is 11.6 Å². The van der Waals surface area contributed by atoms with Crippen LogP contribution in [0, 0.1) is 0 Å². The summed E-state index contributed by atoms with van der Waals surface area (Å²) in [7, 11) is 1.94. The molecule has 3 aromatic rings. The van der Waals surface area contributed by atoms with Gasteiger partial charge in [-0.3, -0.25) is 9.89 Å². The summed E-state index contributed by atoms with van der Waals surface area (Å²) in [5, 5.41) is 10.8. The summed E-state index contributed by atoms with van der Waals surface area (Å²) in [6, 6.07) is 5.13. The number of hydrogen-bond donors (Lipinski definition) is 2. The van der Waals surface area contributed by atoms with Gasteiger partial charge >= 0.3 is 0 Å². The van der Waals surface area contributed by atoms with Crippen molar-refractivity contribution < 1.29 is 9.53 Å². The molecule has 24 heavy (non-hydrogen) atoms. The van der Waals surface area contributed by atoms with Crippen molar-refractivity contribution in [3.63, 3.8) is 0 Å². The van der Waals surface area contributed by atoms with Crippen LogP contribution in [0.4, 0.5) is 11.4 Å². The number of benzene rings is 1. The van der Waals surface area contributed by atoms with Gasteiger partial charge in [-0.05, 0) is 18.2 Å². The molecule has 1 aromatic carbocycles. The van der Waals surface area contributed by atoms with E-state index in [0.29, 0.717) is 34.3 Å². The summed E-state index contributed by atoms with van der Waals surface area (Å²) in [5.74, 6) is 0.251. The topological polar surface area (TPSA) is 83.1 Å². The number of pyridine rings is 1. The van der Waals surface area contributed by atoms with E-state index in [1.54, 1.807) is 30.6 Å². The van der Waals surface area contributed by atoms with Crippen molar-refractivity contribution in [3.8, 4) is 5.75 Å². The lowest BCUT2D eigenvalue weighted by atomic mass is 10.1. The first-order valence-electron chi connectivity index (χ1n) is 7.40. The minimum atomic E-state index is -0.294. The molecule has 122 valence electrons. The third-order valence-corrected chi connectivity index (χ3v) is 4.18. The van der Waals surface area contributed by atoms with Crippen molar-refractivity contribution in [2.75, 3.05) is 30.4 Å². The van der Waals surface area contributed by atoms with Gasteiger partial charge in [0, 0.05) is 18.3 Å². The number of rotatable bonds is 2. The molecule has 0 saturated heterocycles. The predicted octanol–water partition coefficient (Wildman–Crippen LogP) is 2.69. The zero-order valence-corrected chi connectivity index (χ0v) is 13.6. The molecule has 2 N–H and O–H groups in total. The molecule has 1 amide bonds. The molecule has 2 aromatic heterocycles. The van der Waals surface area contributed by atoms with Crippen LogP contribution in [0.3, 0.4) is 0 Å². The fraction of sp³-hybridized carbons (Fsp3) is 0.188. The normalized spacial score (nSPS) is 13.5. The second-order valence-corrected chi connectivity index (χ2v) is 5.95. The number of likely N-dealkylation sites (N-methyl/N-ethyl adjacent to an activating group) is 1. The van der Waals surface area contributed by atoms with E-state index in [-0.39, 0.29) is 5.91 Å². The van der Waals surface area contributed by atoms with Crippen LogP contribution >= 0.6 is 11.6 Å². The van der Waals surface area contributed by atoms with Crippen molar-refractivity contribution in [1.29, 1.82) is 0 Å². The molecule has 0 bridgehead atoms. The Morgan fingerprint density at radius 2 is 2.33 bits per heavy atom. The number of fused-ring (bicyclic) bond motifs is 2. The number of hydrogen-bond acceptors (Lipinski definition) is 5. The van der Waals surface area contributed by atoms with Gasteiger partial charge < -0.3 is 15.0 Å². The summed E-state index contributed by atoms with van der Waals surface area (Å²) in [6.07, 6.45) is 3.23. The van der Waals surface area contributed by atoms with Gasteiger partial charge in [-0.25, -0.2) is 4.98 Å². The van der Waals surface area contributed by atoms with Crippen LogP contribution in [-0.2, 0) is 0 Å². The van der Waals surface area contributed by atoms with Crippen molar-refractivity contribution >= 4 is 39.9 Å². The standard InChI is InChI=1S/C16H14ClN5O2/c1-22-4-5-24-14-10(6-9(17)7-13(14)22)16(23)20-12-2-3-18-15-11(12)8-19-21-15/h2-3,6-8H,4-5H2,1H3,(H2,18,19,20,21,23). The average Bonchev–Trinajstić information content (AvgIpc) is 3.05. The van der Waals surface area contributed by atoms with E-state index >= 15 is 0 Å².